The molecule has 3 rings (SSSR count). The maximum atomic E-state index is 5.65. The third-order valence-electron chi connectivity index (χ3n) is 3.32. The highest BCUT2D eigenvalue weighted by atomic mass is 16.5. The van der Waals surface area contributed by atoms with E-state index in [0.29, 0.717) is 6.61 Å². The normalized spacial score (nSPS) is 10.7. The third kappa shape index (κ3) is 3.58. The van der Waals surface area contributed by atoms with Crippen molar-refractivity contribution in [1.82, 2.24) is 10.3 Å². The Hall–Kier alpha value is -2.39. The molecule has 1 aromatic heterocycles. The number of hydrogen-bond acceptors (Lipinski definition) is 3. The fourth-order valence-electron chi connectivity index (χ4n) is 2.29. The van der Waals surface area contributed by atoms with Crippen LogP contribution in [0, 0.1) is 0 Å². The lowest BCUT2D eigenvalue weighted by Crippen LogP contribution is -2.20. The van der Waals surface area contributed by atoms with Gasteiger partial charge in [-0.25, -0.2) is 0 Å². The highest BCUT2D eigenvalue weighted by molar-refractivity contribution is 5.81. The smallest absolute Gasteiger partial charge is 0.119 e. The minimum atomic E-state index is 0.655. The molecule has 2 aromatic carbocycles. The Kier molecular flexibility index (Phi) is 4.44. The first-order valence-corrected chi connectivity index (χ1v) is 7.15. The van der Waals surface area contributed by atoms with Gasteiger partial charge in [0.25, 0.3) is 0 Å². The van der Waals surface area contributed by atoms with Crippen LogP contribution in [0.4, 0.5) is 0 Å². The molecule has 3 nitrogen and oxygen atoms in total. The van der Waals surface area contributed by atoms with Gasteiger partial charge in [-0.05, 0) is 23.8 Å². The fraction of sp³-hybridized carbons (Fsp3) is 0.167. The number of ether oxygens (including phenoxy) is 1. The minimum absolute atomic E-state index is 0.655. The van der Waals surface area contributed by atoms with E-state index in [1.54, 1.807) is 0 Å². The Bertz CT molecular complexity index is 692. The Balaban J connectivity index is 1.51. The van der Waals surface area contributed by atoms with Crippen LogP contribution in [0.1, 0.15) is 5.56 Å². The summed E-state index contributed by atoms with van der Waals surface area (Å²) in [6.45, 7) is 2.26. The van der Waals surface area contributed by atoms with Crippen molar-refractivity contribution < 1.29 is 4.74 Å². The summed E-state index contributed by atoms with van der Waals surface area (Å²) < 4.78 is 5.65. The van der Waals surface area contributed by atoms with Gasteiger partial charge in [0, 0.05) is 24.7 Å². The average molecular weight is 278 g/mol. The standard InChI is InChI=1S/C18H18N2O/c1-2-9-17(10-3-1)21-13-12-19-14-16-7-4-6-15-8-5-11-20-18(15)16/h1-11,19H,12-14H2. The maximum Gasteiger partial charge on any atom is 0.119 e. The molecule has 0 saturated heterocycles. The zero-order valence-electron chi connectivity index (χ0n) is 11.8. The van der Waals surface area contributed by atoms with E-state index in [9.17, 15) is 0 Å². The summed E-state index contributed by atoms with van der Waals surface area (Å²) >= 11 is 0. The molecule has 1 N–H and O–H groups in total. The average Bonchev–Trinajstić information content (AvgIpc) is 2.56. The molecule has 0 fully saturated rings. The van der Waals surface area contributed by atoms with E-state index in [2.05, 4.69) is 34.6 Å². The van der Waals surface area contributed by atoms with Gasteiger partial charge in [0.1, 0.15) is 12.4 Å². The van der Waals surface area contributed by atoms with Gasteiger partial charge >= 0.3 is 0 Å². The lowest BCUT2D eigenvalue weighted by Gasteiger charge is -2.09. The molecule has 21 heavy (non-hydrogen) atoms. The number of nitrogens with one attached hydrogen (secondary N) is 1. The van der Waals surface area contributed by atoms with Crippen LogP contribution in [-0.2, 0) is 6.54 Å². The van der Waals surface area contributed by atoms with Crippen molar-refractivity contribution in [2.45, 2.75) is 6.54 Å². The lowest BCUT2D eigenvalue weighted by atomic mass is 10.1. The number of pyridine rings is 1. The number of rotatable bonds is 6. The van der Waals surface area contributed by atoms with Crippen LogP contribution >= 0.6 is 0 Å². The maximum absolute atomic E-state index is 5.65. The van der Waals surface area contributed by atoms with E-state index in [1.807, 2.05) is 42.6 Å². The molecular weight excluding hydrogens is 260 g/mol. The molecule has 0 atom stereocenters. The summed E-state index contributed by atoms with van der Waals surface area (Å²) in [5.74, 6) is 0.908. The van der Waals surface area contributed by atoms with Gasteiger partial charge in [-0.1, -0.05) is 42.5 Å². The van der Waals surface area contributed by atoms with Crippen LogP contribution in [0.5, 0.6) is 5.75 Å². The summed E-state index contributed by atoms with van der Waals surface area (Å²) in [5.41, 5.74) is 2.28. The van der Waals surface area contributed by atoms with E-state index in [0.717, 1.165) is 24.4 Å². The van der Waals surface area contributed by atoms with Gasteiger partial charge in [0.05, 0.1) is 5.52 Å². The summed E-state index contributed by atoms with van der Waals surface area (Å²) in [5, 5.41) is 4.58. The van der Waals surface area contributed by atoms with Gasteiger partial charge < -0.3 is 10.1 Å². The molecule has 3 aromatic rings. The molecule has 0 aliphatic carbocycles. The summed E-state index contributed by atoms with van der Waals surface area (Å²) in [4.78, 5) is 4.46. The number of para-hydroxylation sites is 2. The topological polar surface area (TPSA) is 34.1 Å². The number of nitrogens with zero attached hydrogens (tertiary/aromatic N) is 1. The summed E-state index contributed by atoms with van der Waals surface area (Å²) in [6.07, 6.45) is 1.84. The van der Waals surface area contributed by atoms with Gasteiger partial charge in [0.2, 0.25) is 0 Å². The molecule has 0 aliphatic rings. The van der Waals surface area contributed by atoms with Gasteiger partial charge in [-0.15, -0.1) is 0 Å². The zero-order valence-corrected chi connectivity index (χ0v) is 11.8. The summed E-state index contributed by atoms with van der Waals surface area (Å²) in [7, 11) is 0. The van der Waals surface area contributed by atoms with E-state index in [-0.39, 0.29) is 0 Å². The first kappa shape index (κ1) is 13.6. The first-order valence-electron chi connectivity index (χ1n) is 7.15. The van der Waals surface area contributed by atoms with Crippen LogP contribution in [0.15, 0.2) is 66.9 Å². The van der Waals surface area contributed by atoms with Gasteiger partial charge in [-0.2, -0.15) is 0 Å². The van der Waals surface area contributed by atoms with Crippen LogP contribution < -0.4 is 10.1 Å². The molecule has 0 spiro atoms. The second-order valence-corrected chi connectivity index (χ2v) is 4.83. The van der Waals surface area contributed by atoms with E-state index in [4.69, 9.17) is 4.74 Å². The van der Waals surface area contributed by atoms with Crippen LogP contribution in [0.2, 0.25) is 0 Å². The first-order chi connectivity index (χ1) is 10.4. The Morgan fingerprint density at radius 1 is 0.905 bits per heavy atom. The summed E-state index contributed by atoms with van der Waals surface area (Å²) in [6, 6.07) is 20.2. The minimum Gasteiger partial charge on any atom is -0.492 e. The van der Waals surface area contributed by atoms with Crippen molar-refractivity contribution in [2.24, 2.45) is 0 Å². The van der Waals surface area contributed by atoms with Crippen LogP contribution in [-0.4, -0.2) is 18.1 Å². The van der Waals surface area contributed by atoms with Crippen LogP contribution in [0.25, 0.3) is 10.9 Å². The molecular formula is C18H18N2O. The molecule has 0 aliphatic heterocycles. The van der Waals surface area contributed by atoms with Crippen molar-refractivity contribution in [3.05, 3.63) is 72.4 Å². The zero-order chi connectivity index (χ0) is 14.3. The Morgan fingerprint density at radius 2 is 1.76 bits per heavy atom. The van der Waals surface area contributed by atoms with E-state index >= 15 is 0 Å². The molecule has 0 amide bonds. The predicted molar refractivity (Wildman–Crippen MR) is 85.4 cm³/mol. The van der Waals surface area contributed by atoms with E-state index < -0.39 is 0 Å². The largest absolute Gasteiger partial charge is 0.492 e. The number of aromatic nitrogens is 1. The highest BCUT2D eigenvalue weighted by Crippen LogP contribution is 2.15. The molecule has 0 bridgehead atoms. The second kappa shape index (κ2) is 6.86. The molecule has 0 radical (unpaired) electrons. The predicted octanol–water partition coefficient (Wildman–Crippen LogP) is 3.40. The molecule has 3 heteroatoms. The third-order valence-corrected chi connectivity index (χ3v) is 3.32. The Labute approximate surface area is 124 Å². The second-order valence-electron chi connectivity index (χ2n) is 4.83. The number of benzene rings is 2. The van der Waals surface area contributed by atoms with E-state index in [1.165, 1.54) is 10.9 Å². The lowest BCUT2D eigenvalue weighted by molar-refractivity contribution is 0.313. The number of fused-ring (bicyclic) bond motifs is 1. The van der Waals surface area contributed by atoms with Crippen LogP contribution in [0.3, 0.4) is 0 Å². The molecule has 106 valence electrons. The van der Waals surface area contributed by atoms with Gasteiger partial charge in [0.15, 0.2) is 0 Å². The quantitative estimate of drug-likeness (QED) is 0.702. The molecule has 0 unspecified atom stereocenters. The van der Waals surface area contributed by atoms with Crippen molar-refractivity contribution in [1.29, 1.82) is 0 Å². The number of hydrogen-bond donors (Lipinski definition) is 1. The molecule has 0 saturated carbocycles. The highest BCUT2D eigenvalue weighted by Gasteiger charge is 2.00. The SMILES string of the molecule is c1ccc(OCCNCc2cccc3cccnc23)cc1. The fourth-order valence-corrected chi connectivity index (χ4v) is 2.29. The van der Waals surface area contributed by atoms with Crippen molar-refractivity contribution in [3.63, 3.8) is 0 Å². The van der Waals surface area contributed by atoms with Crippen molar-refractivity contribution in [3.8, 4) is 5.75 Å². The van der Waals surface area contributed by atoms with Gasteiger partial charge in [-0.3, -0.25) is 4.98 Å². The Morgan fingerprint density at radius 3 is 2.67 bits per heavy atom. The molecule has 1 heterocycles. The monoisotopic (exact) mass is 278 g/mol. The van der Waals surface area contributed by atoms with Crippen molar-refractivity contribution in [2.75, 3.05) is 13.2 Å². The van der Waals surface area contributed by atoms with Crippen molar-refractivity contribution >= 4 is 10.9 Å².